The molecule has 1 aliphatic heterocycles. The van der Waals surface area contributed by atoms with Crippen LogP contribution in [-0.4, -0.2) is 40.1 Å². The van der Waals surface area contributed by atoms with Crippen LogP contribution >= 0.6 is 22.9 Å². The summed E-state index contributed by atoms with van der Waals surface area (Å²) in [5.74, 6) is -1.85. The first-order valence-electron chi connectivity index (χ1n) is 9.80. The van der Waals surface area contributed by atoms with E-state index in [-0.39, 0.29) is 22.5 Å². The van der Waals surface area contributed by atoms with Crippen LogP contribution in [0, 0.1) is 11.6 Å². The second kappa shape index (κ2) is 9.58. The number of rotatable bonds is 4. The number of likely N-dealkylation sites (tertiary alicyclic amines) is 1. The third kappa shape index (κ3) is 5.20. The van der Waals surface area contributed by atoms with Gasteiger partial charge in [-0.1, -0.05) is 22.9 Å². The van der Waals surface area contributed by atoms with Gasteiger partial charge in [0.2, 0.25) is 5.01 Å². The van der Waals surface area contributed by atoms with Crippen LogP contribution < -0.4 is 10.6 Å². The number of carbonyl (C=O) groups is 2. The number of amides is 3. The van der Waals surface area contributed by atoms with Crippen molar-refractivity contribution in [3.05, 3.63) is 69.1 Å². The molecule has 2 heterocycles. The summed E-state index contributed by atoms with van der Waals surface area (Å²) < 4.78 is 27.2. The molecule has 1 aliphatic rings. The highest BCUT2D eigenvalue weighted by atomic mass is 35.5. The molecule has 0 radical (unpaired) electrons. The maximum Gasteiger partial charge on any atom is 0.321 e. The molecule has 0 saturated carbocycles. The maximum absolute atomic E-state index is 13.8. The van der Waals surface area contributed by atoms with Gasteiger partial charge in [-0.05, 0) is 49.2 Å². The van der Waals surface area contributed by atoms with Crippen molar-refractivity contribution in [1.82, 2.24) is 15.1 Å². The number of halogens is 3. The number of carbonyl (C=O) groups excluding carboxylic acids is 2. The van der Waals surface area contributed by atoms with Crippen molar-refractivity contribution in [3.63, 3.8) is 0 Å². The topological polar surface area (TPSA) is 87.2 Å². The van der Waals surface area contributed by atoms with Gasteiger partial charge in [0.15, 0.2) is 0 Å². The molecule has 32 heavy (non-hydrogen) atoms. The molecule has 1 aromatic heterocycles. The maximum atomic E-state index is 13.8. The number of urea groups is 1. The summed E-state index contributed by atoms with van der Waals surface area (Å²) in [7, 11) is 0. The SMILES string of the molecule is O=C(Nc1ccc(Cl)cc1)c1nnc(C2CCCN(C(=O)Nc3cc(F)ccc3F)C2)s1. The van der Waals surface area contributed by atoms with Gasteiger partial charge < -0.3 is 15.5 Å². The first kappa shape index (κ1) is 22.1. The molecule has 11 heteroatoms. The van der Waals surface area contributed by atoms with Crippen molar-refractivity contribution in [2.45, 2.75) is 18.8 Å². The first-order valence-corrected chi connectivity index (χ1v) is 11.0. The molecular weight excluding hydrogens is 460 g/mol. The van der Waals surface area contributed by atoms with E-state index in [1.54, 1.807) is 24.3 Å². The monoisotopic (exact) mass is 477 g/mol. The number of aromatic nitrogens is 2. The lowest BCUT2D eigenvalue weighted by atomic mass is 9.99. The molecular formula is C21H18ClF2N5O2S. The number of nitrogens with one attached hydrogen (secondary N) is 2. The second-order valence-corrected chi connectivity index (χ2v) is 8.69. The fourth-order valence-corrected chi connectivity index (χ4v) is 4.35. The Morgan fingerprint density at radius 3 is 2.66 bits per heavy atom. The van der Waals surface area contributed by atoms with Crippen molar-refractivity contribution in [1.29, 1.82) is 0 Å². The summed E-state index contributed by atoms with van der Waals surface area (Å²) in [4.78, 5) is 26.5. The fourth-order valence-electron chi connectivity index (χ4n) is 3.36. The highest BCUT2D eigenvalue weighted by Gasteiger charge is 2.28. The smallest absolute Gasteiger partial charge is 0.321 e. The first-order chi connectivity index (χ1) is 15.4. The molecule has 0 aliphatic carbocycles. The van der Waals surface area contributed by atoms with Crippen molar-refractivity contribution < 1.29 is 18.4 Å². The molecule has 2 aromatic carbocycles. The number of piperidine rings is 1. The van der Waals surface area contributed by atoms with E-state index in [1.807, 2.05) is 0 Å². The van der Waals surface area contributed by atoms with E-state index in [4.69, 9.17) is 11.6 Å². The van der Waals surface area contributed by atoms with Gasteiger partial charge in [-0.15, -0.1) is 10.2 Å². The number of anilines is 2. The van der Waals surface area contributed by atoms with Crippen LogP contribution in [0.2, 0.25) is 5.02 Å². The normalized spacial score (nSPS) is 16.0. The number of benzene rings is 2. The van der Waals surface area contributed by atoms with Crippen LogP contribution in [0.25, 0.3) is 0 Å². The van der Waals surface area contributed by atoms with E-state index in [2.05, 4.69) is 20.8 Å². The largest absolute Gasteiger partial charge is 0.324 e. The predicted molar refractivity (Wildman–Crippen MR) is 118 cm³/mol. The highest BCUT2D eigenvalue weighted by molar-refractivity contribution is 7.13. The Morgan fingerprint density at radius 2 is 1.88 bits per heavy atom. The van der Waals surface area contributed by atoms with E-state index >= 15 is 0 Å². The number of nitrogens with zero attached hydrogens (tertiary/aromatic N) is 3. The zero-order chi connectivity index (χ0) is 22.7. The molecule has 4 rings (SSSR count). The Morgan fingerprint density at radius 1 is 1.09 bits per heavy atom. The second-order valence-electron chi connectivity index (χ2n) is 7.25. The van der Waals surface area contributed by atoms with Crippen molar-refractivity contribution in [2.75, 3.05) is 23.7 Å². The quantitative estimate of drug-likeness (QED) is 0.545. The van der Waals surface area contributed by atoms with Gasteiger partial charge in [-0.3, -0.25) is 4.79 Å². The number of hydrogen-bond acceptors (Lipinski definition) is 5. The number of hydrogen-bond donors (Lipinski definition) is 2. The lowest BCUT2D eigenvalue weighted by Crippen LogP contribution is -2.41. The average molecular weight is 478 g/mol. The van der Waals surface area contributed by atoms with Gasteiger partial charge in [0.1, 0.15) is 16.6 Å². The zero-order valence-electron chi connectivity index (χ0n) is 16.6. The van der Waals surface area contributed by atoms with Crippen LogP contribution in [-0.2, 0) is 0 Å². The Labute approximate surface area is 191 Å². The molecule has 0 spiro atoms. The molecule has 7 nitrogen and oxygen atoms in total. The van der Waals surface area contributed by atoms with Crippen LogP contribution in [0.5, 0.6) is 0 Å². The molecule has 1 saturated heterocycles. The minimum atomic E-state index is -0.714. The highest BCUT2D eigenvalue weighted by Crippen LogP contribution is 2.30. The van der Waals surface area contributed by atoms with Crippen LogP contribution in [0.3, 0.4) is 0 Å². The third-order valence-electron chi connectivity index (χ3n) is 4.96. The van der Waals surface area contributed by atoms with Gasteiger partial charge in [-0.25, -0.2) is 13.6 Å². The van der Waals surface area contributed by atoms with Gasteiger partial charge >= 0.3 is 6.03 Å². The average Bonchev–Trinajstić information content (AvgIpc) is 3.28. The zero-order valence-corrected chi connectivity index (χ0v) is 18.2. The van der Waals surface area contributed by atoms with E-state index in [9.17, 15) is 18.4 Å². The minimum Gasteiger partial charge on any atom is -0.324 e. The van der Waals surface area contributed by atoms with Crippen LogP contribution in [0.15, 0.2) is 42.5 Å². The van der Waals surface area contributed by atoms with Crippen molar-refractivity contribution in [3.8, 4) is 0 Å². The van der Waals surface area contributed by atoms with Crippen molar-refractivity contribution >= 4 is 46.3 Å². The molecule has 1 unspecified atom stereocenters. The van der Waals surface area contributed by atoms with E-state index in [0.29, 0.717) is 35.2 Å². The molecule has 3 amide bonds. The Hall–Kier alpha value is -3.11. The predicted octanol–water partition coefficient (Wildman–Crippen LogP) is 5.13. The summed E-state index contributed by atoms with van der Waals surface area (Å²) >= 11 is 7.01. The Bertz CT molecular complexity index is 1140. The lowest BCUT2D eigenvalue weighted by molar-refractivity contribution is 0.102. The van der Waals surface area contributed by atoms with Gasteiger partial charge in [-0.2, -0.15) is 0 Å². The van der Waals surface area contributed by atoms with E-state index < -0.39 is 17.7 Å². The van der Waals surface area contributed by atoms with E-state index in [1.165, 1.54) is 4.90 Å². The summed E-state index contributed by atoms with van der Waals surface area (Å²) in [5, 5.41) is 14.7. The summed E-state index contributed by atoms with van der Waals surface area (Å²) in [5.41, 5.74) is 0.371. The molecule has 1 atom stereocenters. The van der Waals surface area contributed by atoms with E-state index in [0.717, 1.165) is 36.0 Å². The van der Waals surface area contributed by atoms with Gasteiger partial charge in [0.05, 0.1) is 5.69 Å². The molecule has 3 aromatic rings. The molecule has 0 bridgehead atoms. The third-order valence-corrected chi connectivity index (χ3v) is 6.30. The van der Waals surface area contributed by atoms with Crippen LogP contribution in [0.1, 0.15) is 33.6 Å². The Kier molecular flexibility index (Phi) is 6.61. The van der Waals surface area contributed by atoms with Crippen LogP contribution in [0.4, 0.5) is 25.0 Å². The fraction of sp³-hybridized carbons (Fsp3) is 0.238. The molecule has 2 N–H and O–H groups in total. The summed E-state index contributed by atoms with van der Waals surface area (Å²) in [6, 6.07) is 9.05. The van der Waals surface area contributed by atoms with Crippen molar-refractivity contribution in [2.24, 2.45) is 0 Å². The molecule has 166 valence electrons. The Balaban J connectivity index is 1.39. The molecule has 1 fully saturated rings. The van der Waals surface area contributed by atoms with Gasteiger partial charge in [0.25, 0.3) is 5.91 Å². The lowest BCUT2D eigenvalue weighted by Gasteiger charge is -2.31. The summed E-state index contributed by atoms with van der Waals surface area (Å²) in [6.45, 7) is 0.804. The standard InChI is InChI=1S/C21H18ClF2N5O2S/c22-13-3-6-15(7-4-13)25-18(30)20-28-27-19(32-20)12-2-1-9-29(11-12)21(31)26-17-10-14(23)5-8-16(17)24/h3-8,10,12H,1-2,9,11H2,(H,25,30)(H,26,31). The van der Waals surface area contributed by atoms with Gasteiger partial charge in [0, 0.05) is 35.8 Å². The summed E-state index contributed by atoms with van der Waals surface area (Å²) in [6.07, 6.45) is 1.47. The minimum absolute atomic E-state index is 0.110.